The molecule has 0 unspecified atom stereocenters. The van der Waals surface area contributed by atoms with Crippen molar-refractivity contribution < 1.29 is 4.79 Å². The van der Waals surface area contributed by atoms with E-state index in [1.54, 1.807) is 0 Å². The molecule has 1 N–H and O–H groups in total. The fraction of sp³-hybridized carbons (Fsp3) is 0.194. The molecule has 0 aliphatic heterocycles. The normalized spacial score (nSPS) is 15.2. The average Bonchev–Trinajstić information content (AvgIpc) is 2.85. The van der Waals surface area contributed by atoms with Crippen LogP contribution in [0.2, 0.25) is 0 Å². The van der Waals surface area contributed by atoms with E-state index in [4.69, 9.17) is 0 Å². The van der Waals surface area contributed by atoms with Crippen molar-refractivity contribution in [2.75, 3.05) is 5.32 Å². The second kappa shape index (κ2) is 9.20. The minimum atomic E-state index is -2.75. The zero-order chi connectivity index (χ0) is 23.6. The summed E-state index contributed by atoms with van der Waals surface area (Å²) in [4.78, 5) is 14.5. The molecule has 0 bridgehead atoms. The van der Waals surface area contributed by atoms with Gasteiger partial charge in [0.1, 0.15) is 0 Å². The molecule has 1 fully saturated rings. The molecule has 2 nitrogen and oxygen atoms in total. The van der Waals surface area contributed by atoms with Gasteiger partial charge in [-0.15, -0.1) is 0 Å². The van der Waals surface area contributed by atoms with E-state index in [0.717, 1.165) is 36.1 Å². The Labute approximate surface area is 203 Å². The monoisotopic (exact) mass is 465 g/mol. The van der Waals surface area contributed by atoms with Gasteiger partial charge in [-0.1, -0.05) is 0 Å². The van der Waals surface area contributed by atoms with Gasteiger partial charge in [0.2, 0.25) is 0 Å². The van der Waals surface area contributed by atoms with E-state index in [-0.39, 0.29) is 5.91 Å². The van der Waals surface area contributed by atoms with Crippen molar-refractivity contribution in [3.05, 3.63) is 120 Å². The first-order chi connectivity index (χ1) is 16.6. The molecule has 1 aliphatic carbocycles. The zero-order valence-electron chi connectivity index (χ0n) is 19.9. The molecule has 34 heavy (non-hydrogen) atoms. The Hall–Kier alpha value is -3.22. The van der Waals surface area contributed by atoms with Gasteiger partial charge in [-0.25, -0.2) is 0 Å². The molecule has 0 heterocycles. The Bertz CT molecular complexity index is 1160. The molecule has 5 rings (SSSR count). The van der Waals surface area contributed by atoms with Crippen LogP contribution < -0.4 is 21.2 Å². The van der Waals surface area contributed by atoms with Crippen LogP contribution in [0.4, 0.5) is 5.69 Å². The van der Waals surface area contributed by atoms with E-state index in [2.05, 4.69) is 128 Å². The minimum absolute atomic E-state index is 0.166. The van der Waals surface area contributed by atoms with E-state index < -0.39 is 12.4 Å². The van der Waals surface area contributed by atoms with Crippen LogP contribution in [0.15, 0.2) is 109 Å². The van der Waals surface area contributed by atoms with Crippen LogP contribution >= 0.6 is 7.26 Å². The number of carbonyl (C=O) groups excluding carboxylic acids is 1. The molecule has 1 saturated carbocycles. The van der Waals surface area contributed by atoms with E-state index in [1.165, 1.54) is 15.9 Å². The van der Waals surface area contributed by atoms with Crippen LogP contribution in [0.1, 0.15) is 30.4 Å². The van der Waals surface area contributed by atoms with Gasteiger partial charge < -0.3 is 0 Å². The Balaban J connectivity index is 1.78. The fourth-order valence-corrected chi connectivity index (χ4v) is 12.2. The van der Waals surface area contributed by atoms with Crippen LogP contribution in [0, 0.1) is 13.8 Å². The van der Waals surface area contributed by atoms with Gasteiger partial charge in [0.25, 0.3) is 0 Å². The van der Waals surface area contributed by atoms with Crippen molar-refractivity contribution in [3.8, 4) is 0 Å². The predicted octanol–water partition coefficient (Wildman–Crippen LogP) is 5.89. The van der Waals surface area contributed by atoms with Gasteiger partial charge in [-0.3, -0.25) is 0 Å². The molecular formula is C31H32NOP. The van der Waals surface area contributed by atoms with Crippen molar-refractivity contribution >= 4 is 34.8 Å². The summed E-state index contributed by atoms with van der Waals surface area (Å²) in [6.07, 6.45) is 2.87. The molecule has 0 spiro atoms. The Kier molecular flexibility index (Phi) is 6.11. The summed E-state index contributed by atoms with van der Waals surface area (Å²) in [6.45, 7) is 4.15. The SMILES string of the molecule is Cc1cccc(C)c1NC(=O)C1([PH](c2ccccc2)(c2ccccc2)c2ccccc2)CCC1. The third-order valence-corrected chi connectivity index (χ3v) is 13.5. The van der Waals surface area contributed by atoms with Crippen LogP contribution in [0.5, 0.6) is 0 Å². The molecule has 1 amide bonds. The summed E-state index contributed by atoms with van der Waals surface area (Å²) in [6, 6.07) is 38.7. The summed E-state index contributed by atoms with van der Waals surface area (Å²) in [7, 11) is -2.75. The summed E-state index contributed by atoms with van der Waals surface area (Å²) >= 11 is 0. The molecule has 1 aliphatic rings. The number of hydrogen-bond donors (Lipinski definition) is 1. The number of carbonyl (C=O) groups is 1. The number of para-hydroxylation sites is 1. The summed E-state index contributed by atoms with van der Waals surface area (Å²) in [5, 5.41) is 6.85. The van der Waals surface area contributed by atoms with Gasteiger partial charge in [0, 0.05) is 0 Å². The van der Waals surface area contributed by atoms with Gasteiger partial charge in [0.15, 0.2) is 0 Å². The molecule has 0 atom stereocenters. The number of nitrogens with one attached hydrogen (secondary N) is 1. The summed E-state index contributed by atoms with van der Waals surface area (Å²) < 4.78 is 0. The number of aryl methyl sites for hydroxylation is 2. The average molecular weight is 466 g/mol. The Morgan fingerprint density at radius 3 is 1.41 bits per heavy atom. The standard InChI is InChI=1S/C31H32NOP/c1-24-14-12-15-25(2)29(24)32-30(33)31(22-13-23-31)34(26-16-6-3-7-17-26,27-18-8-4-9-19-27)28-20-10-5-11-21-28/h3-12,14-21,34H,13,22-23H2,1-2H3,(H,32,33). The second-order valence-corrected chi connectivity index (χ2v) is 13.7. The molecule has 4 aromatic carbocycles. The predicted molar refractivity (Wildman–Crippen MR) is 148 cm³/mol. The van der Waals surface area contributed by atoms with Crippen LogP contribution in [-0.4, -0.2) is 11.1 Å². The zero-order valence-corrected chi connectivity index (χ0v) is 20.9. The van der Waals surface area contributed by atoms with E-state index >= 15 is 0 Å². The van der Waals surface area contributed by atoms with Crippen LogP contribution in [0.3, 0.4) is 0 Å². The maximum atomic E-state index is 14.5. The van der Waals surface area contributed by atoms with Crippen molar-refractivity contribution in [2.45, 2.75) is 38.3 Å². The summed E-state index contributed by atoms with van der Waals surface area (Å²) in [5.41, 5.74) is 3.17. The quantitative estimate of drug-likeness (QED) is 0.354. The molecule has 4 aromatic rings. The molecular weight excluding hydrogens is 433 g/mol. The van der Waals surface area contributed by atoms with Crippen molar-refractivity contribution in [2.24, 2.45) is 0 Å². The van der Waals surface area contributed by atoms with Gasteiger partial charge in [-0.05, 0) is 0 Å². The fourth-order valence-electron chi connectivity index (χ4n) is 5.94. The van der Waals surface area contributed by atoms with Gasteiger partial charge >= 0.3 is 203 Å². The molecule has 3 heteroatoms. The topological polar surface area (TPSA) is 29.1 Å². The summed E-state index contributed by atoms with van der Waals surface area (Å²) in [5.74, 6) is 0.166. The Morgan fingerprint density at radius 1 is 0.647 bits per heavy atom. The third-order valence-electron chi connectivity index (χ3n) is 7.70. The van der Waals surface area contributed by atoms with Gasteiger partial charge in [-0.2, -0.15) is 0 Å². The first kappa shape index (κ1) is 22.6. The maximum absolute atomic E-state index is 14.5. The first-order valence-corrected chi connectivity index (χ1v) is 14.1. The molecule has 172 valence electrons. The number of benzene rings is 4. The van der Waals surface area contributed by atoms with Gasteiger partial charge in [0.05, 0.1) is 0 Å². The van der Waals surface area contributed by atoms with Crippen molar-refractivity contribution in [1.82, 2.24) is 0 Å². The first-order valence-electron chi connectivity index (χ1n) is 12.1. The molecule has 0 radical (unpaired) electrons. The van der Waals surface area contributed by atoms with Crippen molar-refractivity contribution in [1.29, 1.82) is 0 Å². The van der Waals surface area contributed by atoms with Crippen LogP contribution in [0.25, 0.3) is 0 Å². The van der Waals surface area contributed by atoms with E-state index in [1.807, 2.05) is 0 Å². The third kappa shape index (κ3) is 3.49. The van der Waals surface area contributed by atoms with Crippen molar-refractivity contribution in [3.63, 3.8) is 0 Å². The Morgan fingerprint density at radius 2 is 1.06 bits per heavy atom. The number of amides is 1. The number of rotatable bonds is 6. The second-order valence-electron chi connectivity index (χ2n) is 9.50. The van der Waals surface area contributed by atoms with Crippen LogP contribution in [-0.2, 0) is 4.79 Å². The number of hydrogen-bond acceptors (Lipinski definition) is 1. The van der Waals surface area contributed by atoms with E-state index in [9.17, 15) is 4.79 Å². The van der Waals surface area contributed by atoms with E-state index in [0.29, 0.717) is 0 Å². The number of anilines is 1. The molecule has 0 aromatic heterocycles. The molecule has 0 saturated heterocycles.